The number of fused-ring (bicyclic) bond motifs is 1. The van der Waals surface area contributed by atoms with Crippen LogP contribution in [0.1, 0.15) is 6.42 Å². The molecular formula is C23H20N4O3S. The molecule has 1 saturated heterocycles. The maximum Gasteiger partial charge on any atom is 0.231 e. The molecule has 1 fully saturated rings. The monoisotopic (exact) mass is 432 g/mol. The molecular weight excluding hydrogens is 412 g/mol. The average Bonchev–Trinajstić information content (AvgIpc) is 3.51. The second-order valence-corrected chi connectivity index (χ2v) is 8.21. The summed E-state index contributed by atoms with van der Waals surface area (Å²) < 4.78 is 5.36. The number of anilines is 2. The Hall–Kier alpha value is -3.65. The van der Waals surface area contributed by atoms with E-state index in [0.29, 0.717) is 23.1 Å². The van der Waals surface area contributed by atoms with Crippen molar-refractivity contribution < 1.29 is 14.3 Å². The van der Waals surface area contributed by atoms with E-state index in [-0.39, 0.29) is 18.2 Å². The van der Waals surface area contributed by atoms with Gasteiger partial charge in [-0.25, -0.2) is 4.98 Å². The zero-order chi connectivity index (χ0) is 21.4. The summed E-state index contributed by atoms with van der Waals surface area (Å²) >= 11 is 1.37. The van der Waals surface area contributed by atoms with Gasteiger partial charge in [-0.1, -0.05) is 30.3 Å². The standard InChI is InChI=1S/C23H20N4O3S/c1-30-20-9-5-4-8-19(20)27-12-14(10-21(27)28)22(29)26-23-25-18(13-31-23)16-11-24-17-7-3-2-6-15(16)17/h2-9,11,13-14,24H,10,12H2,1H3,(H,25,26,29). The number of nitrogens with zero attached hydrogens (tertiary/aromatic N) is 2. The van der Waals surface area contributed by atoms with E-state index in [2.05, 4.69) is 15.3 Å². The van der Waals surface area contributed by atoms with Crippen LogP contribution in [0.3, 0.4) is 0 Å². The molecule has 4 aromatic rings. The minimum absolute atomic E-state index is 0.0942. The van der Waals surface area contributed by atoms with Crippen molar-refractivity contribution in [2.24, 2.45) is 5.92 Å². The lowest BCUT2D eigenvalue weighted by molar-refractivity contribution is -0.122. The summed E-state index contributed by atoms with van der Waals surface area (Å²) in [5.41, 5.74) is 3.51. The van der Waals surface area contributed by atoms with E-state index >= 15 is 0 Å². The van der Waals surface area contributed by atoms with E-state index < -0.39 is 5.92 Å². The van der Waals surface area contributed by atoms with Gasteiger partial charge in [0.1, 0.15) is 5.75 Å². The van der Waals surface area contributed by atoms with Crippen LogP contribution in [-0.2, 0) is 9.59 Å². The van der Waals surface area contributed by atoms with Crippen molar-refractivity contribution in [2.75, 3.05) is 23.9 Å². The summed E-state index contributed by atoms with van der Waals surface area (Å²) in [6.45, 7) is 0.311. The van der Waals surface area contributed by atoms with Crippen molar-refractivity contribution in [1.82, 2.24) is 9.97 Å². The smallest absolute Gasteiger partial charge is 0.231 e. The Morgan fingerprint density at radius 1 is 1.23 bits per heavy atom. The van der Waals surface area contributed by atoms with Crippen molar-refractivity contribution >= 4 is 44.9 Å². The van der Waals surface area contributed by atoms with E-state index in [0.717, 1.165) is 22.2 Å². The van der Waals surface area contributed by atoms with Crippen LogP contribution in [0.15, 0.2) is 60.1 Å². The molecule has 5 rings (SSSR count). The second-order valence-electron chi connectivity index (χ2n) is 7.35. The van der Waals surface area contributed by atoms with Crippen LogP contribution in [0.25, 0.3) is 22.2 Å². The van der Waals surface area contributed by atoms with Gasteiger partial charge in [0.05, 0.1) is 24.4 Å². The quantitative estimate of drug-likeness (QED) is 0.492. The third-order valence-corrected chi connectivity index (χ3v) is 6.23. The summed E-state index contributed by atoms with van der Waals surface area (Å²) in [7, 11) is 1.57. The lowest BCUT2D eigenvalue weighted by Crippen LogP contribution is -2.28. The van der Waals surface area contributed by atoms with E-state index in [9.17, 15) is 9.59 Å². The van der Waals surface area contributed by atoms with Gasteiger partial charge in [-0.2, -0.15) is 0 Å². The predicted molar refractivity (Wildman–Crippen MR) is 121 cm³/mol. The van der Waals surface area contributed by atoms with Crippen LogP contribution in [0, 0.1) is 5.92 Å². The van der Waals surface area contributed by atoms with Crippen LogP contribution < -0.4 is 15.0 Å². The summed E-state index contributed by atoms with van der Waals surface area (Å²) in [6.07, 6.45) is 2.08. The summed E-state index contributed by atoms with van der Waals surface area (Å²) in [4.78, 5) is 34.8. The fraction of sp³-hybridized carbons (Fsp3) is 0.174. The number of aromatic amines is 1. The molecule has 0 bridgehead atoms. The lowest BCUT2D eigenvalue weighted by atomic mass is 10.1. The number of amides is 2. The molecule has 0 radical (unpaired) electrons. The summed E-state index contributed by atoms with van der Waals surface area (Å²) in [6, 6.07) is 15.3. The Bertz CT molecular complexity index is 1280. The molecule has 0 aliphatic carbocycles. The first-order valence-electron chi connectivity index (χ1n) is 9.90. The number of para-hydroxylation sites is 3. The molecule has 2 amide bonds. The molecule has 2 aromatic heterocycles. The van der Waals surface area contributed by atoms with Gasteiger partial charge in [0.25, 0.3) is 0 Å². The van der Waals surface area contributed by atoms with Gasteiger partial charge >= 0.3 is 0 Å². The molecule has 31 heavy (non-hydrogen) atoms. The molecule has 0 spiro atoms. The van der Waals surface area contributed by atoms with E-state index in [1.165, 1.54) is 11.3 Å². The minimum Gasteiger partial charge on any atom is -0.495 e. The molecule has 1 atom stereocenters. The maximum atomic E-state index is 12.8. The number of benzene rings is 2. The summed E-state index contributed by atoms with van der Waals surface area (Å²) in [5.74, 6) is -0.133. The van der Waals surface area contributed by atoms with Gasteiger partial charge in [-0.3, -0.25) is 9.59 Å². The first-order valence-corrected chi connectivity index (χ1v) is 10.8. The molecule has 1 unspecified atom stereocenters. The first kappa shape index (κ1) is 19.3. The highest BCUT2D eigenvalue weighted by molar-refractivity contribution is 7.14. The van der Waals surface area contributed by atoms with Crippen molar-refractivity contribution in [1.29, 1.82) is 0 Å². The van der Waals surface area contributed by atoms with Crippen molar-refractivity contribution in [3.63, 3.8) is 0 Å². The van der Waals surface area contributed by atoms with Gasteiger partial charge < -0.3 is 19.9 Å². The molecule has 0 saturated carbocycles. The second kappa shape index (κ2) is 7.88. The van der Waals surface area contributed by atoms with Crippen molar-refractivity contribution in [3.8, 4) is 17.0 Å². The number of carbonyl (C=O) groups excluding carboxylic acids is 2. The van der Waals surface area contributed by atoms with Crippen LogP contribution in [0.2, 0.25) is 0 Å². The zero-order valence-corrected chi connectivity index (χ0v) is 17.6. The number of hydrogen-bond donors (Lipinski definition) is 2. The van der Waals surface area contributed by atoms with E-state index in [4.69, 9.17) is 4.74 Å². The number of nitrogens with one attached hydrogen (secondary N) is 2. The van der Waals surface area contributed by atoms with Gasteiger partial charge in [-0.05, 0) is 18.2 Å². The molecule has 156 valence electrons. The molecule has 2 N–H and O–H groups in total. The highest BCUT2D eigenvalue weighted by Crippen LogP contribution is 2.34. The van der Waals surface area contributed by atoms with Gasteiger partial charge in [0, 0.05) is 41.0 Å². The largest absolute Gasteiger partial charge is 0.495 e. The fourth-order valence-electron chi connectivity index (χ4n) is 3.91. The molecule has 7 nitrogen and oxygen atoms in total. The molecule has 1 aliphatic rings. The third-order valence-electron chi connectivity index (χ3n) is 5.47. The summed E-state index contributed by atoms with van der Waals surface area (Å²) in [5, 5.41) is 6.41. The third kappa shape index (κ3) is 3.55. The van der Waals surface area contributed by atoms with Crippen molar-refractivity contribution in [3.05, 3.63) is 60.1 Å². The highest BCUT2D eigenvalue weighted by atomic mass is 32.1. The first-order chi connectivity index (χ1) is 15.1. The number of H-pyrrole nitrogens is 1. The van der Waals surface area contributed by atoms with Crippen LogP contribution in [0.5, 0.6) is 5.75 Å². The Morgan fingerprint density at radius 3 is 2.90 bits per heavy atom. The normalized spacial score (nSPS) is 16.1. The van der Waals surface area contributed by atoms with Gasteiger partial charge in [-0.15, -0.1) is 11.3 Å². The molecule has 2 aromatic carbocycles. The van der Waals surface area contributed by atoms with Crippen LogP contribution in [-0.4, -0.2) is 35.4 Å². The Morgan fingerprint density at radius 2 is 2.03 bits per heavy atom. The number of ether oxygens (including phenoxy) is 1. The topological polar surface area (TPSA) is 87.3 Å². The number of methoxy groups -OCH3 is 1. The van der Waals surface area contributed by atoms with Gasteiger partial charge in [0.15, 0.2) is 5.13 Å². The molecule has 1 aliphatic heterocycles. The Balaban J connectivity index is 1.31. The maximum absolute atomic E-state index is 12.8. The fourth-order valence-corrected chi connectivity index (χ4v) is 4.63. The number of hydrogen-bond acceptors (Lipinski definition) is 5. The zero-order valence-electron chi connectivity index (χ0n) is 16.8. The van der Waals surface area contributed by atoms with E-state index in [1.807, 2.05) is 54.0 Å². The Labute approximate surface area is 182 Å². The highest BCUT2D eigenvalue weighted by Gasteiger charge is 2.36. The van der Waals surface area contributed by atoms with Crippen LogP contribution >= 0.6 is 11.3 Å². The number of thiazole rings is 1. The van der Waals surface area contributed by atoms with Crippen molar-refractivity contribution in [2.45, 2.75) is 6.42 Å². The lowest BCUT2D eigenvalue weighted by Gasteiger charge is -2.19. The predicted octanol–water partition coefficient (Wildman–Crippen LogP) is 4.29. The van der Waals surface area contributed by atoms with E-state index in [1.54, 1.807) is 18.1 Å². The number of rotatable bonds is 5. The molecule has 3 heterocycles. The Kier molecular flexibility index (Phi) is 4.91. The molecule has 8 heteroatoms. The van der Waals surface area contributed by atoms with Crippen LogP contribution in [0.4, 0.5) is 10.8 Å². The SMILES string of the molecule is COc1ccccc1N1CC(C(=O)Nc2nc(-c3c[nH]c4ccccc34)cs2)CC1=O. The number of aromatic nitrogens is 2. The van der Waals surface area contributed by atoms with Gasteiger partial charge in [0.2, 0.25) is 11.8 Å². The average molecular weight is 433 g/mol. The minimum atomic E-state index is -0.446. The number of carbonyl (C=O) groups is 2.